The van der Waals surface area contributed by atoms with Crippen LogP contribution in [-0.4, -0.2) is 26.0 Å². The lowest BCUT2D eigenvalue weighted by Gasteiger charge is -2.04. The van der Waals surface area contributed by atoms with Crippen LogP contribution in [0.25, 0.3) is 5.82 Å². The maximum absolute atomic E-state index is 13.1. The van der Waals surface area contributed by atoms with Crippen molar-refractivity contribution in [3.8, 4) is 5.82 Å². The Kier molecular flexibility index (Phi) is 4.09. The molecule has 0 amide bonds. The third kappa shape index (κ3) is 3.57. The highest BCUT2D eigenvalue weighted by molar-refractivity contribution is 5.80. The minimum absolute atomic E-state index is 0.303. The normalized spacial score (nSPS) is 11.1. The molecule has 7 heteroatoms. The second-order valence-electron chi connectivity index (χ2n) is 5.03. The number of aromatic nitrogens is 4. The highest BCUT2D eigenvalue weighted by atomic mass is 19.1. The standard InChI is InChI=1S/C16H15FN6/c1-11-6-12(2)23(22-11)16-8-15(18-10-19-16)21-20-9-13-4-3-5-14(17)7-13/h3-10H,1-2H3,(H,18,19,21)/b20-9+. The van der Waals surface area contributed by atoms with Crippen molar-refractivity contribution in [2.75, 3.05) is 5.43 Å². The molecule has 0 saturated heterocycles. The first-order valence-electron chi connectivity index (χ1n) is 7.02. The fourth-order valence-corrected chi connectivity index (χ4v) is 2.14. The Morgan fingerprint density at radius 2 is 2.04 bits per heavy atom. The Morgan fingerprint density at radius 3 is 2.78 bits per heavy atom. The molecule has 3 rings (SSSR count). The van der Waals surface area contributed by atoms with Crippen LogP contribution in [0.2, 0.25) is 0 Å². The molecule has 0 aliphatic rings. The van der Waals surface area contributed by atoms with Crippen LogP contribution in [0.4, 0.5) is 10.2 Å². The number of hydrazone groups is 1. The summed E-state index contributed by atoms with van der Waals surface area (Å²) in [6, 6.07) is 9.87. The van der Waals surface area contributed by atoms with E-state index in [1.807, 2.05) is 19.9 Å². The molecule has 0 radical (unpaired) electrons. The number of halogens is 1. The average Bonchev–Trinajstić information content (AvgIpc) is 2.86. The SMILES string of the molecule is Cc1cc(C)n(-c2cc(N/N=C/c3cccc(F)c3)ncn2)n1. The maximum atomic E-state index is 13.1. The van der Waals surface area contributed by atoms with Crippen LogP contribution in [0, 0.1) is 19.7 Å². The highest BCUT2D eigenvalue weighted by Crippen LogP contribution is 2.12. The summed E-state index contributed by atoms with van der Waals surface area (Å²) >= 11 is 0. The van der Waals surface area contributed by atoms with Gasteiger partial charge in [-0.2, -0.15) is 10.2 Å². The predicted molar refractivity (Wildman–Crippen MR) is 86.2 cm³/mol. The molecular formula is C16H15FN6. The van der Waals surface area contributed by atoms with Crippen molar-refractivity contribution in [1.29, 1.82) is 0 Å². The third-order valence-corrected chi connectivity index (χ3v) is 3.12. The zero-order valence-corrected chi connectivity index (χ0v) is 12.7. The summed E-state index contributed by atoms with van der Waals surface area (Å²) in [5.74, 6) is 0.868. The first-order chi connectivity index (χ1) is 11.1. The number of rotatable bonds is 4. The van der Waals surface area contributed by atoms with Crippen molar-refractivity contribution in [2.24, 2.45) is 5.10 Å². The first-order valence-corrected chi connectivity index (χ1v) is 7.02. The van der Waals surface area contributed by atoms with Gasteiger partial charge in [-0.3, -0.25) is 5.43 Å². The van der Waals surface area contributed by atoms with Crippen LogP contribution < -0.4 is 5.43 Å². The molecule has 116 valence electrons. The molecule has 23 heavy (non-hydrogen) atoms. The van der Waals surface area contributed by atoms with E-state index in [9.17, 15) is 4.39 Å². The van der Waals surface area contributed by atoms with E-state index >= 15 is 0 Å². The molecule has 0 unspecified atom stereocenters. The number of nitrogens with one attached hydrogen (secondary N) is 1. The van der Waals surface area contributed by atoms with Crippen LogP contribution in [0.5, 0.6) is 0 Å². The van der Waals surface area contributed by atoms with Gasteiger partial charge >= 0.3 is 0 Å². The minimum atomic E-state index is -0.303. The van der Waals surface area contributed by atoms with Crippen molar-refractivity contribution in [1.82, 2.24) is 19.7 Å². The maximum Gasteiger partial charge on any atom is 0.159 e. The zero-order chi connectivity index (χ0) is 16.2. The van der Waals surface area contributed by atoms with Gasteiger partial charge < -0.3 is 0 Å². The summed E-state index contributed by atoms with van der Waals surface area (Å²) in [4.78, 5) is 8.31. The summed E-state index contributed by atoms with van der Waals surface area (Å²) in [5.41, 5.74) is 5.36. The lowest BCUT2D eigenvalue weighted by Crippen LogP contribution is -2.04. The number of nitrogens with zero attached hydrogens (tertiary/aromatic N) is 5. The number of hydrogen-bond acceptors (Lipinski definition) is 5. The van der Waals surface area contributed by atoms with Crippen molar-refractivity contribution in [2.45, 2.75) is 13.8 Å². The Balaban J connectivity index is 1.77. The van der Waals surface area contributed by atoms with Crippen molar-refractivity contribution >= 4 is 12.0 Å². The van der Waals surface area contributed by atoms with Gasteiger partial charge in [-0.1, -0.05) is 12.1 Å². The fourth-order valence-electron chi connectivity index (χ4n) is 2.14. The zero-order valence-electron chi connectivity index (χ0n) is 12.7. The third-order valence-electron chi connectivity index (χ3n) is 3.12. The Hall–Kier alpha value is -3.09. The van der Waals surface area contributed by atoms with E-state index < -0.39 is 0 Å². The van der Waals surface area contributed by atoms with Crippen molar-refractivity contribution in [3.05, 3.63) is 65.5 Å². The Bertz CT molecular complexity index is 855. The topological polar surface area (TPSA) is 68.0 Å². The van der Waals surface area contributed by atoms with E-state index in [-0.39, 0.29) is 5.82 Å². The van der Waals surface area contributed by atoms with Gasteiger partial charge in [0.1, 0.15) is 12.1 Å². The van der Waals surface area contributed by atoms with Gasteiger partial charge in [0, 0.05) is 11.8 Å². The number of benzene rings is 1. The largest absolute Gasteiger partial charge is 0.261 e. The molecule has 0 spiro atoms. The van der Waals surface area contributed by atoms with Gasteiger partial charge in [0.05, 0.1) is 11.9 Å². The molecule has 0 aliphatic heterocycles. The van der Waals surface area contributed by atoms with E-state index in [1.54, 1.807) is 22.9 Å². The fraction of sp³-hybridized carbons (Fsp3) is 0.125. The lowest BCUT2D eigenvalue weighted by molar-refractivity contribution is 0.627. The average molecular weight is 310 g/mol. The molecule has 2 aromatic heterocycles. The van der Waals surface area contributed by atoms with Crippen LogP contribution in [-0.2, 0) is 0 Å². The van der Waals surface area contributed by atoms with E-state index in [4.69, 9.17) is 0 Å². The number of aryl methyl sites for hydroxylation is 2. The summed E-state index contributed by atoms with van der Waals surface area (Å²) < 4.78 is 14.8. The van der Waals surface area contributed by atoms with Crippen LogP contribution >= 0.6 is 0 Å². The summed E-state index contributed by atoms with van der Waals surface area (Å²) in [6.45, 7) is 3.88. The summed E-state index contributed by atoms with van der Waals surface area (Å²) in [7, 11) is 0. The van der Waals surface area contributed by atoms with Crippen molar-refractivity contribution in [3.63, 3.8) is 0 Å². The molecule has 2 heterocycles. The molecule has 1 aromatic carbocycles. The van der Waals surface area contributed by atoms with Gasteiger partial charge in [0.15, 0.2) is 11.6 Å². The molecule has 1 N–H and O–H groups in total. The van der Waals surface area contributed by atoms with Gasteiger partial charge in [0.25, 0.3) is 0 Å². The van der Waals surface area contributed by atoms with Gasteiger partial charge in [-0.05, 0) is 37.6 Å². The second kappa shape index (κ2) is 6.35. The molecule has 3 aromatic rings. The first kappa shape index (κ1) is 14.8. The van der Waals surface area contributed by atoms with Gasteiger partial charge in [0.2, 0.25) is 0 Å². The van der Waals surface area contributed by atoms with Crippen molar-refractivity contribution < 1.29 is 4.39 Å². The number of hydrogen-bond donors (Lipinski definition) is 1. The van der Waals surface area contributed by atoms with Crippen LogP contribution in [0.15, 0.2) is 47.8 Å². The Labute approximate surface area is 132 Å². The molecule has 0 saturated carbocycles. The van der Waals surface area contributed by atoms with E-state index in [2.05, 4.69) is 25.6 Å². The molecule has 0 bridgehead atoms. The smallest absolute Gasteiger partial charge is 0.159 e. The Morgan fingerprint density at radius 1 is 1.17 bits per heavy atom. The monoisotopic (exact) mass is 310 g/mol. The van der Waals surface area contributed by atoms with Crippen LogP contribution in [0.3, 0.4) is 0 Å². The summed E-state index contributed by atoms with van der Waals surface area (Å²) in [6.07, 6.45) is 2.96. The van der Waals surface area contributed by atoms with E-state index in [1.165, 1.54) is 24.7 Å². The highest BCUT2D eigenvalue weighted by Gasteiger charge is 2.06. The predicted octanol–water partition coefficient (Wildman–Crippen LogP) is 2.86. The van der Waals surface area contributed by atoms with E-state index in [0.717, 1.165) is 11.4 Å². The van der Waals surface area contributed by atoms with Gasteiger partial charge in [-0.25, -0.2) is 19.0 Å². The van der Waals surface area contributed by atoms with Crippen LogP contribution in [0.1, 0.15) is 17.0 Å². The van der Waals surface area contributed by atoms with E-state index in [0.29, 0.717) is 17.2 Å². The minimum Gasteiger partial charge on any atom is -0.261 e. The quantitative estimate of drug-likeness (QED) is 0.594. The second-order valence-corrected chi connectivity index (χ2v) is 5.03. The molecule has 0 fully saturated rings. The summed E-state index contributed by atoms with van der Waals surface area (Å²) in [5, 5.41) is 8.43. The lowest BCUT2D eigenvalue weighted by atomic mass is 10.2. The number of anilines is 1. The molecule has 6 nitrogen and oxygen atoms in total. The van der Waals surface area contributed by atoms with Gasteiger partial charge in [-0.15, -0.1) is 0 Å². The molecule has 0 aliphatic carbocycles. The molecular weight excluding hydrogens is 295 g/mol. The molecule has 0 atom stereocenters.